The number of nitrogens with one attached hydrogen (secondary N) is 1. The minimum atomic E-state index is -0.897. The molecule has 6 heteroatoms. The number of amides is 1. The average Bonchev–Trinajstić information content (AvgIpc) is 2.40. The molecule has 2 heterocycles. The van der Waals surface area contributed by atoms with Gasteiger partial charge in [0.1, 0.15) is 6.04 Å². The number of rotatable bonds is 3. The van der Waals surface area contributed by atoms with Crippen LogP contribution in [0.15, 0.2) is 0 Å². The fourth-order valence-corrected chi connectivity index (χ4v) is 2.55. The quantitative estimate of drug-likeness (QED) is 0.733. The molecule has 2 aliphatic heterocycles. The van der Waals surface area contributed by atoms with Gasteiger partial charge < -0.3 is 20.1 Å². The highest BCUT2D eigenvalue weighted by Crippen LogP contribution is 2.19. The summed E-state index contributed by atoms with van der Waals surface area (Å²) in [5.41, 5.74) is 0. The molecule has 18 heavy (non-hydrogen) atoms. The van der Waals surface area contributed by atoms with E-state index in [0.717, 1.165) is 19.4 Å². The Labute approximate surface area is 106 Å². The molecule has 0 aromatic heterocycles. The molecule has 6 nitrogen and oxygen atoms in total. The summed E-state index contributed by atoms with van der Waals surface area (Å²) in [6.45, 7) is 2.64. The molecule has 2 fully saturated rings. The Morgan fingerprint density at radius 1 is 1.39 bits per heavy atom. The molecule has 102 valence electrons. The number of nitrogens with zero attached hydrogens (tertiary/aromatic N) is 1. The number of carbonyl (C=O) groups is 2. The molecule has 2 N–H and O–H groups in total. The van der Waals surface area contributed by atoms with Gasteiger partial charge in [0.2, 0.25) is 5.91 Å². The number of aliphatic carboxylic acids is 1. The summed E-state index contributed by atoms with van der Waals surface area (Å²) in [4.78, 5) is 24.8. The summed E-state index contributed by atoms with van der Waals surface area (Å²) in [5.74, 6) is -0.999. The monoisotopic (exact) mass is 256 g/mol. The van der Waals surface area contributed by atoms with Crippen molar-refractivity contribution < 1.29 is 19.4 Å². The highest BCUT2D eigenvalue weighted by molar-refractivity contribution is 5.84. The van der Waals surface area contributed by atoms with Crippen molar-refractivity contribution in [3.8, 4) is 0 Å². The van der Waals surface area contributed by atoms with Crippen molar-refractivity contribution in [3.63, 3.8) is 0 Å². The zero-order valence-corrected chi connectivity index (χ0v) is 10.4. The van der Waals surface area contributed by atoms with E-state index >= 15 is 0 Å². The van der Waals surface area contributed by atoms with Crippen LogP contribution in [0.25, 0.3) is 0 Å². The number of hydrogen-bond acceptors (Lipinski definition) is 4. The number of ether oxygens (including phenoxy) is 1. The third-order valence-electron chi connectivity index (χ3n) is 3.51. The van der Waals surface area contributed by atoms with E-state index in [9.17, 15) is 9.59 Å². The lowest BCUT2D eigenvalue weighted by atomic mass is 10.0. The van der Waals surface area contributed by atoms with Crippen molar-refractivity contribution in [1.82, 2.24) is 10.2 Å². The van der Waals surface area contributed by atoms with Gasteiger partial charge in [0.15, 0.2) is 0 Å². The summed E-state index contributed by atoms with van der Waals surface area (Å²) in [7, 11) is 0. The van der Waals surface area contributed by atoms with E-state index in [4.69, 9.17) is 9.84 Å². The number of piperidine rings is 1. The van der Waals surface area contributed by atoms with Crippen LogP contribution in [0, 0.1) is 0 Å². The first-order valence-electron chi connectivity index (χ1n) is 6.53. The molecule has 2 atom stereocenters. The minimum Gasteiger partial charge on any atom is -0.480 e. The Morgan fingerprint density at radius 2 is 2.22 bits per heavy atom. The molecule has 2 saturated heterocycles. The number of carboxylic acids is 1. The summed E-state index contributed by atoms with van der Waals surface area (Å²) < 4.78 is 5.48. The van der Waals surface area contributed by atoms with E-state index in [1.165, 1.54) is 4.90 Å². The van der Waals surface area contributed by atoms with Crippen molar-refractivity contribution in [1.29, 1.82) is 0 Å². The van der Waals surface area contributed by atoms with Crippen molar-refractivity contribution in [2.75, 3.05) is 26.2 Å². The van der Waals surface area contributed by atoms with Gasteiger partial charge in [0.05, 0.1) is 19.1 Å². The number of likely N-dealkylation sites (tertiary alicyclic amines) is 1. The Bertz CT molecular complexity index is 315. The predicted octanol–water partition coefficient (Wildman–Crippen LogP) is -0.169. The number of carbonyl (C=O) groups excluding carboxylic acids is 1. The van der Waals surface area contributed by atoms with Crippen LogP contribution in [-0.2, 0) is 14.3 Å². The molecular formula is C12H20N2O4. The Balaban J connectivity index is 1.91. The number of morpholine rings is 1. The van der Waals surface area contributed by atoms with E-state index in [0.29, 0.717) is 26.1 Å². The maximum atomic E-state index is 12.1. The first-order chi connectivity index (χ1) is 8.68. The molecule has 2 rings (SSSR count). The summed E-state index contributed by atoms with van der Waals surface area (Å²) in [6, 6.07) is -0.650. The maximum Gasteiger partial charge on any atom is 0.326 e. The van der Waals surface area contributed by atoms with Crippen LogP contribution in [0.5, 0.6) is 0 Å². The molecule has 0 radical (unpaired) electrons. The predicted molar refractivity (Wildman–Crippen MR) is 64.2 cm³/mol. The summed E-state index contributed by atoms with van der Waals surface area (Å²) in [5, 5.41) is 12.3. The Kier molecular flexibility index (Phi) is 4.54. The lowest BCUT2D eigenvalue weighted by Crippen LogP contribution is -2.50. The topological polar surface area (TPSA) is 78.9 Å². The molecular weight excluding hydrogens is 236 g/mol. The van der Waals surface area contributed by atoms with Crippen LogP contribution < -0.4 is 5.32 Å². The number of hydrogen-bond donors (Lipinski definition) is 2. The van der Waals surface area contributed by atoms with Crippen molar-refractivity contribution in [2.45, 2.75) is 37.8 Å². The van der Waals surface area contributed by atoms with Crippen molar-refractivity contribution >= 4 is 11.9 Å². The fourth-order valence-electron chi connectivity index (χ4n) is 2.55. The van der Waals surface area contributed by atoms with E-state index in [1.54, 1.807) is 0 Å². The normalized spacial score (nSPS) is 29.0. The van der Waals surface area contributed by atoms with Gasteiger partial charge in [-0.1, -0.05) is 0 Å². The first kappa shape index (κ1) is 13.3. The Hall–Kier alpha value is -1.14. The molecule has 2 aliphatic rings. The van der Waals surface area contributed by atoms with Gasteiger partial charge in [-0.3, -0.25) is 4.79 Å². The van der Waals surface area contributed by atoms with E-state index in [1.807, 2.05) is 0 Å². The summed E-state index contributed by atoms with van der Waals surface area (Å²) >= 11 is 0. The zero-order valence-electron chi connectivity index (χ0n) is 10.4. The first-order valence-corrected chi connectivity index (χ1v) is 6.53. The van der Waals surface area contributed by atoms with Gasteiger partial charge in [0, 0.05) is 19.6 Å². The van der Waals surface area contributed by atoms with Gasteiger partial charge >= 0.3 is 5.97 Å². The second-order valence-corrected chi connectivity index (χ2v) is 4.84. The maximum absolute atomic E-state index is 12.1. The van der Waals surface area contributed by atoms with Crippen LogP contribution >= 0.6 is 0 Å². The third kappa shape index (κ3) is 3.20. The molecule has 0 saturated carbocycles. The average molecular weight is 256 g/mol. The molecule has 0 bridgehead atoms. The fraction of sp³-hybridized carbons (Fsp3) is 0.833. The molecule has 0 aromatic carbocycles. The van der Waals surface area contributed by atoms with Crippen LogP contribution in [0.2, 0.25) is 0 Å². The molecule has 0 spiro atoms. The van der Waals surface area contributed by atoms with Crippen molar-refractivity contribution in [2.24, 2.45) is 0 Å². The second-order valence-electron chi connectivity index (χ2n) is 4.84. The molecule has 0 aromatic rings. The van der Waals surface area contributed by atoms with Gasteiger partial charge in [-0.25, -0.2) is 4.79 Å². The van der Waals surface area contributed by atoms with Gasteiger partial charge in [-0.2, -0.15) is 0 Å². The van der Waals surface area contributed by atoms with Gasteiger partial charge in [0.25, 0.3) is 0 Å². The molecule has 1 amide bonds. The molecule has 1 unspecified atom stereocenters. The third-order valence-corrected chi connectivity index (χ3v) is 3.51. The van der Waals surface area contributed by atoms with Gasteiger partial charge in [-0.05, 0) is 19.3 Å². The molecule has 0 aliphatic carbocycles. The van der Waals surface area contributed by atoms with Crippen LogP contribution in [0.1, 0.15) is 25.7 Å². The number of carboxylic acid groups (broad SMARTS) is 1. The standard InChI is InChI=1S/C12H20N2O4/c15-11(7-9-8-13-4-6-18-9)14-5-2-1-3-10(14)12(16)17/h9-10,13H,1-8H2,(H,16,17)/t9?,10-/m0/s1. The van der Waals surface area contributed by atoms with E-state index < -0.39 is 12.0 Å². The van der Waals surface area contributed by atoms with E-state index in [2.05, 4.69) is 5.32 Å². The second kappa shape index (κ2) is 6.15. The van der Waals surface area contributed by atoms with Crippen LogP contribution in [-0.4, -0.2) is 60.3 Å². The van der Waals surface area contributed by atoms with Crippen LogP contribution in [0.3, 0.4) is 0 Å². The lowest BCUT2D eigenvalue weighted by Gasteiger charge is -2.34. The lowest BCUT2D eigenvalue weighted by molar-refractivity contribution is -0.153. The zero-order chi connectivity index (χ0) is 13.0. The highest BCUT2D eigenvalue weighted by Gasteiger charge is 2.33. The van der Waals surface area contributed by atoms with Crippen LogP contribution in [0.4, 0.5) is 0 Å². The smallest absolute Gasteiger partial charge is 0.326 e. The van der Waals surface area contributed by atoms with Gasteiger partial charge in [-0.15, -0.1) is 0 Å². The minimum absolute atomic E-state index is 0.101. The SMILES string of the molecule is O=C(O)[C@@H]1CCCCN1C(=O)CC1CNCCO1. The highest BCUT2D eigenvalue weighted by atomic mass is 16.5. The van der Waals surface area contributed by atoms with Crippen molar-refractivity contribution in [3.05, 3.63) is 0 Å². The van der Waals surface area contributed by atoms with E-state index in [-0.39, 0.29) is 18.4 Å². The largest absolute Gasteiger partial charge is 0.480 e. The Morgan fingerprint density at radius 3 is 2.89 bits per heavy atom. The summed E-state index contributed by atoms with van der Waals surface area (Å²) in [6.07, 6.45) is 2.48.